The number of nitrogen functional groups attached to an aromatic ring is 1. The van der Waals surface area contributed by atoms with E-state index < -0.39 is 0 Å². The van der Waals surface area contributed by atoms with Gasteiger partial charge >= 0.3 is 0 Å². The average Bonchev–Trinajstić information content (AvgIpc) is 3.36. The molecule has 5 rings (SSSR count). The van der Waals surface area contributed by atoms with Gasteiger partial charge in [0.2, 0.25) is 5.88 Å². The minimum Gasteiger partial charge on any atom is -0.438 e. The first-order valence-electron chi connectivity index (χ1n) is 11.0. The number of pyridine rings is 1. The number of amides is 1. The number of ether oxygens (including phenoxy) is 1. The summed E-state index contributed by atoms with van der Waals surface area (Å²) < 4.78 is 15.5. The molecule has 0 spiro atoms. The van der Waals surface area contributed by atoms with Crippen LogP contribution >= 0.6 is 11.5 Å². The van der Waals surface area contributed by atoms with Crippen LogP contribution < -0.4 is 21.7 Å². The highest BCUT2D eigenvalue weighted by atomic mass is 32.1. The van der Waals surface area contributed by atoms with E-state index in [1.54, 1.807) is 6.20 Å². The second-order valence-electron chi connectivity index (χ2n) is 8.85. The number of nitrogens with zero attached hydrogens (tertiary/aromatic N) is 3. The van der Waals surface area contributed by atoms with Crippen molar-refractivity contribution in [1.29, 1.82) is 0 Å². The second kappa shape index (κ2) is 8.68. The van der Waals surface area contributed by atoms with E-state index in [2.05, 4.69) is 26.5 Å². The van der Waals surface area contributed by atoms with Crippen molar-refractivity contribution in [3.63, 3.8) is 0 Å². The molecule has 32 heavy (non-hydrogen) atoms. The summed E-state index contributed by atoms with van der Waals surface area (Å²) >= 11 is 1.35. The van der Waals surface area contributed by atoms with Crippen LogP contribution in [0.3, 0.4) is 0 Å². The van der Waals surface area contributed by atoms with E-state index in [0.717, 1.165) is 56.1 Å². The van der Waals surface area contributed by atoms with Crippen LogP contribution in [0.25, 0.3) is 11.1 Å². The van der Waals surface area contributed by atoms with E-state index in [4.69, 9.17) is 20.6 Å². The summed E-state index contributed by atoms with van der Waals surface area (Å²) in [5, 5.41) is 3.86. The lowest BCUT2D eigenvalue weighted by Crippen LogP contribution is -2.46. The molecule has 170 valence electrons. The molecular weight excluding hydrogens is 428 g/mol. The van der Waals surface area contributed by atoms with Crippen molar-refractivity contribution in [1.82, 2.24) is 9.36 Å². The molecule has 5 heterocycles. The molecule has 0 unspecified atom stereocenters. The zero-order chi connectivity index (χ0) is 22.2. The number of hydrogen-bond acceptors (Lipinski definition) is 9. The fourth-order valence-corrected chi connectivity index (χ4v) is 5.51. The Morgan fingerprint density at radius 3 is 2.88 bits per heavy atom. The molecule has 2 aliphatic rings. The minimum absolute atomic E-state index is 0.0625. The van der Waals surface area contributed by atoms with Crippen LogP contribution in [-0.2, 0) is 4.74 Å². The van der Waals surface area contributed by atoms with Gasteiger partial charge in [0.15, 0.2) is 5.58 Å². The highest BCUT2D eigenvalue weighted by Gasteiger charge is 2.28. The third-order valence-corrected chi connectivity index (χ3v) is 7.14. The SMILES string of the molecule is C[C@H]1C[C@@H](N)CN(c2sncc2NC(=O)c2c(N)oc3cc(C4CCOCC4)cnc23)C1. The van der Waals surface area contributed by atoms with Crippen molar-refractivity contribution in [2.75, 3.05) is 42.3 Å². The van der Waals surface area contributed by atoms with E-state index in [1.165, 1.54) is 11.5 Å². The van der Waals surface area contributed by atoms with Crippen LogP contribution in [0.1, 0.15) is 48.0 Å². The van der Waals surface area contributed by atoms with Gasteiger partial charge in [-0.15, -0.1) is 0 Å². The largest absolute Gasteiger partial charge is 0.438 e. The zero-order valence-corrected chi connectivity index (χ0v) is 18.9. The molecule has 0 aromatic carbocycles. The summed E-state index contributed by atoms with van der Waals surface area (Å²) in [5.74, 6) is 0.560. The van der Waals surface area contributed by atoms with Crippen LogP contribution in [-0.4, -0.2) is 47.6 Å². The summed E-state index contributed by atoms with van der Waals surface area (Å²) in [6, 6.07) is 2.05. The molecule has 5 N–H and O–H groups in total. The second-order valence-corrected chi connectivity index (χ2v) is 9.63. The van der Waals surface area contributed by atoms with E-state index in [-0.39, 0.29) is 23.4 Å². The Hall–Kier alpha value is -2.69. The quantitative estimate of drug-likeness (QED) is 0.545. The van der Waals surface area contributed by atoms with Crippen molar-refractivity contribution < 1.29 is 13.9 Å². The van der Waals surface area contributed by atoms with Gasteiger partial charge in [-0.2, -0.15) is 4.37 Å². The van der Waals surface area contributed by atoms with E-state index in [9.17, 15) is 4.79 Å². The van der Waals surface area contributed by atoms with Gasteiger partial charge in [-0.3, -0.25) is 9.78 Å². The highest BCUT2D eigenvalue weighted by Crippen LogP contribution is 2.36. The van der Waals surface area contributed by atoms with Crippen LogP contribution in [0.4, 0.5) is 16.6 Å². The van der Waals surface area contributed by atoms with Gasteiger partial charge in [0, 0.05) is 38.5 Å². The summed E-state index contributed by atoms with van der Waals surface area (Å²) in [5.41, 5.74) is 15.3. The van der Waals surface area contributed by atoms with Gasteiger partial charge in [0.05, 0.1) is 11.9 Å². The number of carbonyl (C=O) groups excluding carboxylic acids is 1. The normalized spacial score (nSPS) is 22.4. The summed E-state index contributed by atoms with van der Waals surface area (Å²) in [6.45, 7) is 5.29. The fraction of sp³-hybridized carbons (Fsp3) is 0.500. The van der Waals surface area contributed by atoms with E-state index in [1.807, 2.05) is 12.3 Å². The Morgan fingerprint density at radius 2 is 2.09 bits per heavy atom. The molecule has 0 aliphatic carbocycles. The number of anilines is 3. The number of nitrogens with one attached hydrogen (secondary N) is 1. The number of hydrogen-bond donors (Lipinski definition) is 3. The first kappa shape index (κ1) is 21.2. The molecular formula is C22H28N6O3S. The number of nitrogens with two attached hydrogens (primary N) is 2. The van der Waals surface area contributed by atoms with Gasteiger partial charge in [0.25, 0.3) is 5.91 Å². The molecule has 3 aromatic heterocycles. The summed E-state index contributed by atoms with van der Waals surface area (Å²) in [6.07, 6.45) is 6.37. The molecule has 2 fully saturated rings. The Bertz CT molecular complexity index is 1110. The highest BCUT2D eigenvalue weighted by molar-refractivity contribution is 7.11. The molecule has 2 saturated heterocycles. The third kappa shape index (κ3) is 4.05. The van der Waals surface area contributed by atoms with Crippen LogP contribution in [0.15, 0.2) is 22.9 Å². The van der Waals surface area contributed by atoms with Crippen LogP contribution in [0.2, 0.25) is 0 Å². The van der Waals surface area contributed by atoms with Gasteiger partial charge in [-0.1, -0.05) is 6.92 Å². The maximum Gasteiger partial charge on any atom is 0.263 e. The standard InChI is InChI=1S/C22H28N6O3S/c1-12-6-15(23)11-28(10-12)22-16(9-26-32-22)27-21(29)18-19-17(31-20(18)24)7-14(8-25-19)13-2-4-30-5-3-13/h7-9,12-13,15H,2-6,10-11,23-24H2,1H3,(H,27,29)/t12-,15+/m0/s1. The summed E-state index contributed by atoms with van der Waals surface area (Å²) in [4.78, 5) is 19.9. The molecule has 0 saturated carbocycles. The van der Waals surface area contributed by atoms with Gasteiger partial charge < -0.3 is 30.8 Å². The number of piperidine rings is 1. The van der Waals surface area contributed by atoms with E-state index in [0.29, 0.717) is 28.6 Å². The number of furan rings is 1. The first-order valence-corrected chi connectivity index (χ1v) is 11.8. The van der Waals surface area contributed by atoms with Crippen LogP contribution in [0.5, 0.6) is 0 Å². The van der Waals surface area contributed by atoms with Gasteiger partial charge in [-0.05, 0) is 54.3 Å². The van der Waals surface area contributed by atoms with Crippen molar-refractivity contribution in [3.05, 3.63) is 29.6 Å². The van der Waals surface area contributed by atoms with Crippen molar-refractivity contribution in [3.8, 4) is 0 Å². The van der Waals surface area contributed by atoms with Crippen molar-refractivity contribution in [2.24, 2.45) is 11.7 Å². The van der Waals surface area contributed by atoms with Gasteiger partial charge in [-0.25, -0.2) is 0 Å². The Labute approximate surface area is 190 Å². The monoisotopic (exact) mass is 456 g/mol. The maximum absolute atomic E-state index is 13.2. The van der Waals surface area contributed by atoms with Gasteiger partial charge in [0.1, 0.15) is 16.1 Å². The molecule has 0 radical (unpaired) electrons. The number of carbonyl (C=O) groups is 1. The molecule has 10 heteroatoms. The smallest absolute Gasteiger partial charge is 0.263 e. The van der Waals surface area contributed by atoms with Crippen molar-refractivity contribution >= 4 is 45.1 Å². The predicted octanol–water partition coefficient (Wildman–Crippen LogP) is 3.19. The molecule has 1 amide bonds. The topological polar surface area (TPSA) is 133 Å². The Kier molecular flexibility index (Phi) is 5.75. The number of rotatable bonds is 4. The maximum atomic E-state index is 13.2. The average molecular weight is 457 g/mol. The van der Waals surface area contributed by atoms with Crippen LogP contribution in [0, 0.1) is 5.92 Å². The molecule has 0 bridgehead atoms. The summed E-state index contributed by atoms with van der Waals surface area (Å²) in [7, 11) is 0. The number of aromatic nitrogens is 2. The Balaban J connectivity index is 1.39. The Morgan fingerprint density at radius 1 is 1.28 bits per heavy atom. The first-order chi connectivity index (χ1) is 15.5. The molecule has 9 nitrogen and oxygen atoms in total. The van der Waals surface area contributed by atoms with Crippen molar-refractivity contribution in [2.45, 2.75) is 38.1 Å². The fourth-order valence-electron chi connectivity index (χ4n) is 4.78. The zero-order valence-electron chi connectivity index (χ0n) is 18.0. The van der Waals surface area contributed by atoms with E-state index >= 15 is 0 Å². The lowest BCUT2D eigenvalue weighted by molar-refractivity contribution is 0.0853. The minimum atomic E-state index is -0.358. The number of fused-ring (bicyclic) bond motifs is 1. The molecule has 3 aromatic rings. The lowest BCUT2D eigenvalue weighted by atomic mass is 9.93. The molecule has 2 atom stereocenters. The third-order valence-electron chi connectivity index (χ3n) is 6.28. The lowest BCUT2D eigenvalue weighted by Gasteiger charge is -2.35. The molecule has 2 aliphatic heterocycles. The predicted molar refractivity (Wildman–Crippen MR) is 125 cm³/mol.